The Kier molecular flexibility index (Phi) is 8.90. The molecule has 0 aromatic heterocycles. The third-order valence-electron chi connectivity index (χ3n) is 12.1. The van der Waals surface area contributed by atoms with Gasteiger partial charge in [-0.3, -0.25) is 9.52 Å². The molecule has 0 radical (unpaired) electrons. The molecule has 2 bridgehead atoms. The van der Waals surface area contributed by atoms with E-state index < -0.39 is 27.3 Å². The number of aldehydes is 1. The number of benzene rings is 2. The van der Waals surface area contributed by atoms with Crippen LogP contribution in [0.1, 0.15) is 80.3 Å². The van der Waals surface area contributed by atoms with Gasteiger partial charge in [0.2, 0.25) is 0 Å². The van der Waals surface area contributed by atoms with E-state index in [-0.39, 0.29) is 28.4 Å². The van der Waals surface area contributed by atoms with Crippen LogP contribution in [0.4, 0.5) is 5.69 Å². The highest BCUT2D eigenvalue weighted by atomic mass is 35.5. The number of anilines is 1. The SMILES string of the molecule is C=S1(=O)NC(=O)c2ccc3c(c2)N(C[C@@H]2CC[C@H]2[C@]2(CCC[C@H](C)[C@H]1C)OCCO[C@@H]2C=O)C[C@@]1(CCCc2cc(Cl)ccc21)CO3. The highest BCUT2D eigenvalue weighted by Gasteiger charge is 2.55. The molecule has 2 fully saturated rings. The quantitative estimate of drug-likeness (QED) is 0.302. The summed E-state index contributed by atoms with van der Waals surface area (Å²) in [6, 6.07) is 11.8. The topological polar surface area (TPSA) is 94.2 Å². The maximum atomic E-state index is 13.9. The minimum Gasteiger partial charge on any atom is -0.490 e. The van der Waals surface area contributed by atoms with Gasteiger partial charge in [0.15, 0.2) is 6.29 Å². The normalized spacial score (nSPS) is 37.5. The molecule has 1 amide bonds. The Morgan fingerprint density at radius 3 is 2.72 bits per heavy atom. The standard InChI is InChI=1S/C37H47ClN2O6S/c1-24-6-4-15-37(34(21-41)44-16-17-46-37)31-11-8-28(31)20-40-22-36(14-5-7-26-18-29(38)10-12-30(26)36)23-45-33-13-9-27(19-32(33)40)35(42)39-47(3,43)25(24)2/h9-10,12-13,18-19,21,24-25,28,31,34H,3-8,11,14-17,20,22-23H2,1-2H3,(H,39,42,43)/t24-,25+,28-,31+,34+,36-,37-,47?/m0/s1. The first kappa shape index (κ1) is 32.9. The summed E-state index contributed by atoms with van der Waals surface area (Å²) in [5, 5.41) is 0.393. The van der Waals surface area contributed by atoms with E-state index >= 15 is 0 Å². The summed E-state index contributed by atoms with van der Waals surface area (Å²) >= 11 is 6.46. The Morgan fingerprint density at radius 1 is 1.09 bits per heavy atom. The third kappa shape index (κ3) is 5.89. The predicted octanol–water partition coefficient (Wildman–Crippen LogP) is 5.76. The molecule has 3 heterocycles. The molecule has 254 valence electrons. The van der Waals surface area contributed by atoms with Gasteiger partial charge in [-0.15, -0.1) is 0 Å². The van der Waals surface area contributed by atoms with Crippen molar-refractivity contribution in [3.05, 3.63) is 58.1 Å². The Balaban J connectivity index is 1.33. The zero-order valence-electron chi connectivity index (χ0n) is 27.5. The maximum absolute atomic E-state index is 13.9. The molecule has 2 spiro atoms. The van der Waals surface area contributed by atoms with Crippen LogP contribution in [0.2, 0.25) is 5.02 Å². The van der Waals surface area contributed by atoms with Gasteiger partial charge in [0.1, 0.15) is 17.5 Å². The molecule has 1 saturated carbocycles. The highest BCUT2D eigenvalue weighted by molar-refractivity contribution is 7.99. The van der Waals surface area contributed by atoms with Crippen LogP contribution in [0.3, 0.4) is 0 Å². The van der Waals surface area contributed by atoms with Gasteiger partial charge in [-0.25, -0.2) is 4.21 Å². The number of aryl methyl sites for hydroxylation is 1. The van der Waals surface area contributed by atoms with Crippen molar-refractivity contribution >= 4 is 45.1 Å². The van der Waals surface area contributed by atoms with Gasteiger partial charge in [0, 0.05) is 34.3 Å². The fourth-order valence-corrected chi connectivity index (χ4v) is 10.8. The molecule has 1 N–H and O–H groups in total. The largest absolute Gasteiger partial charge is 0.490 e. The van der Waals surface area contributed by atoms with Crippen molar-refractivity contribution in [2.24, 2.45) is 17.8 Å². The number of nitrogens with one attached hydrogen (secondary N) is 1. The number of amides is 1. The third-order valence-corrected chi connectivity index (χ3v) is 14.5. The van der Waals surface area contributed by atoms with Crippen molar-refractivity contribution in [3.63, 3.8) is 0 Å². The lowest BCUT2D eigenvalue weighted by molar-refractivity contribution is -0.240. The Hall–Kier alpha value is -2.59. The summed E-state index contributed by atoms with van der Waals surface area (Å²) in [4.78, 5) is 28.6. The zero-order valence-corrected chi connectivity index (χ0v) is 29.1. The minimum absolute atomic E-state index is 0.0296. The molecule has 1 unspecified atom stereocenters. The Bertz CT molecular complexity index is 1650. The van der Waals surface area contributed by atoms with Crippen LogP contribution in [-0.2, 0) is 35.8 Å². The van der Waals surface area contributed by atoms with Crippen molar-refractivity contribution < 1.29 is 28.0 Å². The molecule has 8 nitrogen and oxygen atoms in total. The summed E-state index contributed by atoms with van der Waals surface area (Å²) in [7, 11) is -2.96. The van der Waals surface area contributed by atoms with E-state index in [1.165, 1.54) is 11.1 Å². The average Bonchev–Trinajstić information content (AvgIpc) is 3.19. The van der Waals surface area contributed by atoms with E-state index in [0.717, 1.165) is 74.2 Å². The number of fused-ring (bicyclic) bond motifs is 5. The second kappa shape index (κ2) is 12.7. The monoisotopic (exact) mass is 682 g/mol. The van der Waals surface area contributed by atoms with Crippen molar-refractivity contribution in [2.75, 3.05) is 37.8 Å². The van der Waals surface area contributed by atoms with Crippen molar-refractivity contribution in [3.8, 4) is 5.75 Å². The molecule has 1 saturated heterocycles. The molecular weight excluding hydrogens is 636 g/mol. The first-order chi connectivity index (χ1) is 22.5. The van der Waals surface area contributed by atoms with E-state index in [1.807, 2.05) is 25.1 Å². The molecule has 47 heavy (non-hydrogen) atoms. The second-order valence-corrected chi connectivity index (χ2v) is 17.5. The second-order valence-electron chi connectivity index (χ2n) is 14.7. The van der Waals surface area contributed by atoms with E-state index in [2.05, 4.69) is 34.5 Å². The molecule has 3 aliphatic heterocycles. The summed E-state index contributed by atoms with van der Waals surface area (Å²) in [5.41, 5.74) is 2.86. The van der Waals surface area contributed by atoms with Crippen LogP contribution in [0.25, 0.3) is 0 Å². The van der Waals surface area contributed by atoms with Crippen molar-refractivity contribution in [1.29, 1.82) is 0 Å². The van der Waals surface area contributed by atoms with E-state index in [0.29, 0.717) is 38.3 Å². The number of nitrogens with zero attached hydrogens (tertiary/aromatic N) is 1. The van der Waals surface area contributed by atoms with Crippen LogP contribution < -0.4 is 14.4 Å². The molecule has 2 aliphatic carbocycles. The van der Waals surface area contributed by atoms with Crippen LogP contribution in [0.5, 0.6) is 5.75 Å². The number of rotatable bonds is 1. The Labute approximate surface area is 284 Å². The predicted molar refractivity (Wildman–Crippen MR) is 186 cm³/mol. The lowest BCUT2D eigenvalue weighted by Gasteiger charge is -2.55. The smallest absolute Gasteiger partial charge is 0.262 e. The average molecular weight is 683 g/mol. The van der Waals surface area contributed by atoms with Crippen LogP contribution in [0.15, 0.2) is 36.4 Å². The summed E-state index contributed by atoms with van der Waals surface area (Å²) in [6.45, 7) is 6.79. The fraction of sp³-hybridized carbons (Fsp3) is 0.595. The fourth-order valence-electron chi connectivity index (χ4n) is 9.09. The number of halogens is 1. The maximum Gasteiger partial charge on any atom is 0.262 e. The number of carbonyl (C=O) groups excluding carboxylic acids is 2. The van der Waals surface area contributed by atoms with Crippen molar-refractivity contribution in [2.45, 2.75) is 87.6 Å². The van der Waals surface area contributed by atoms with Gasteiger partial charge in [-0.2, -0.15) is 0 Å². The number of hydrogen-bond donors (Lipinski definition) is 1. The molecule has 2 aromatic carbocycles. The van der Waals surface area contributed by atoms with Gasteiger partial charge in [-0.1, -0.05) is 31.0 Å². The zero-order chi connectivity index (χ0) is 33.0. The first-order valence-corrected chi connectivity index (χ1v) is 19.4. The van der Waals surface area contributed by atoms with Gasteiger partial charge >= 0.3 is 0 Å². The number of carbonyl (C=O) groups is 2. The van der Waals surface area contributed by atoms with Gasteiger partial charge < -0.3 is 23.9 Å². The summed E-state index contributed by atoms with van der Waals surface area (Å²) in [5.74, 6) is 4.78. The summed E-state index contributed by atoms with van der Waals surface area (Å²) in [6.07, 6.45) is 7.52. The molecule has 2 aromatic rings. The van der Waals surface area contributed by atoms with Crippen LogP contribution in [0, 0.1) is 17.8 Å². The molecule has 10 heteroatoms. The van der Waals surface area contributed by atoms with Gasteiger partial charge in [0.05, 0.1) is 35.2 Å². The minimum atomic E-state index is -2.96. The lowest BCUT2D eigenvalue weighted by Crippen LogP contribution is -2.62. The van der Waals surface area contributed by atoms with Crippen molar-refractivity contribution in [1.82, 2.24) is 4.72 Å². The van der Waals surface area contributed by atoms with Crippen LogP contribution >= 0.6 is 11.6 Å². The lowest BCUT2D eigenvalue weighted by atomic mass is 9.61. The van der Waals surface area contributed by atoms with E-state index in [1.54, 1.807) is 6.07 Å². The first-order valence-electron chi connectivity index (χ1n) is 17.2. The Morgan fingerprint density at radius 2 is 1.94 bits per heavy atom. The van der Waals surface area contributed by atoms with E-state index in [4.69, 9.17) is 25.8 Å². The number of hydrogen-bond acceptors (Lipinski definition) is 7. The van der Waals surface area contributed by atoms with Crippen LogP contribution in [-0.4, -0.2) is 72.1 Å². The molecule has 5 aliphatic rings. The van der Waals surface area contributed by atoms with Gasteiger partial charge in [-0.05, 0) is 117 Å². The molecule has 8 atom stereocenters. The number of ether oxygens (including phenoxy) is 3. The highest BCUT2D eigenvalue weighted by Crippen LogP contribution is 2.51. The summed E-state index contributed by atoms with van der Waals surface area (Å²) < 4.78 is 36.1. The van der Waals surface area contributed by atoms with E-state index in [9.17, 15) is 13.8 Å². The van der Waals surface area contributed by atoms with Gasteiger partial charge in [0.25, 0.3) is 5.91 Å². The molecule has 7 rings (SSSR count). The molecular formula is C37H47ClN2O6S.